The van der Waals surface area contributed by atoms with Crippen LogP contribution in [0.4, 0.5) is 0 Å². The second-order valence-corrected chi connectivity index (χ2v) is 10.7. The van der Waals surface area contributed by atoms with Crippen LogP contribution in [0.15, 0.2) is 83.8 Å². The summed E-state index contributed by atoms with van der Waals surface area (Å²) in [6.45, 7) is 0.570. The number of ether oxygens (including phenoxy) is 2. The van der Waals surface area contributed by atoms with Crippen molar-refractivity contribution in [1.29, 1.82) is 0 Å². The number of sulfonamides is 1. The van der Waals surface area contributed by atoms with Crippen LogP contribution in [0.25, 0.3) is 10.8 Å². The van der Waals surface area contributed by atoms with Crippen LogP contribution in [-0.2, 0) is 23.0 Å². The summed E-state index contributed by atoms with van der Waals surface area (Å²) in [7, 11) is -3.84. The highest BCUT2D eigenvalue weighted by Crippen LogP contribution is 2.34. The molecule has 0 saturated heterocycles. The molecule has 0 aromatic heterocycles. The lowest BCUT2D eigenvalue weighted by Gasteiger charge is -2.24. The Morgan fingerprint density at radius 2 is 1.65 bits per heavy atom. The molecule has 0 unspecified atom stereocenters. The molecule has 5 rings (SSSR count). The van der Waals surface area contributed by atoms with E-state index in [1.165, 1.54) is 4.31 Å². The van der Waals surface area contributed by atoms with Crippen molar-refractivity contribution in [2.24, 2.45) is 0 Å². The summed E-state index contributed by atoms with van der Waals surface area (Å²) in [6.07, 6.45) is 0.435. The zero-order chi connectivity index (χ0) is 23.7. The van der Waals surface area contributed by atoms with Crippen molar-refractivity contribution in [2.75, 3.05) is 13.3 Å². The molecule has 0 radical (unpaired) electrons. The van der Waals surface area contributed by atoms with Crippen molar-refractivity contribution in [3.8, 4) is 11.5 Å². The number of halogens is 2. The van der Waals surface area contributed by atoms with Crippen LogP contribution in [0, 0.1) is 0 Å². The first kappa shape index (κ1) is 23.0. The van der Waals surface area contributed by atoms with Crippen molar-refractivity contribution in [2.45, 2.75) is 17.9 Å². The van der Waals surface area contributed by atoms with Gasteiger partial charge >= 0.3 is 0 Å². The van der Waals surface area contributed by atoms with Gasteiger partial charge in [-0.15, -0.1) is 0 Å². The third-order valence-corrected chi connectivity index (χ3v) is 8.30. The molecule has 174 valence electrons. The molecule has 4 aromatic rings. The zero-order valence-corrected chi connectivity index (χ0v) is 20.4. The fourth-order valence-electron chi connectivity index (χ4n) is 4.06. The Morgan fingerprint density at radius 1 is 0.853 bits per heavy atom. The maximum Gasteiger partial charge on any atom is 0.244 e. The van der Waals surface area contributed by atoms with E-state index >= 15 is 0 Å². The van der Waals surface area contributed by atoms with E-state index in [0.717, 1.165) is 16.5 Å². The largest absolute Gasteiger partial charge is 0.454 e. The Kier molecular flexibility index (Phi) is 6.40. The van der Waals surface area contributed by atoms with Gasteiger partial charge in [0, 0.05) is 28.5 Å². The smallest absolute Gasteiger partial charge is 0.244 e. The average Bonchev–Trinajstić information content (AvgIpc) is 3.30. The molecule has 0 atom stereocenters. The predicted octanol–water partition coefficient (Wildman–Crippen LogP) is 6.31. The van der Waals surface area contributed by atoms with E-state index in [1.807, 2.05) is 48.5 Å². The third kappa shape index (κ3) is 4.59. The predicted molar refractivity (Wildman–Crippen MR) is 134 cm³/mol. The maximum absolute atomic E-state index is 14.0. The van der Waals surface area contributed by atoms with Gasteiger partial charge in [-0.3, -0.25) is 0 Å². The highest BCUT2D eigenvalue weighted by Gasteiger charge is 2.27. The summed E-state index contributed by atoms with van der Waals surface area (Å²) in [5, 5.41) is 2.60. The highest BCUT2D eigenvalue weighted by atomic mass is 35.5. The molecule has 0 amide bonds. The van der Waals surface area contributed by atoms with Gasteiger partial charge in [0.05, 0.1) is 4.90 Å². The molecule has 1 heterocycles. The SMILES string of the molecule is O=S(=O)(c1cccc2ccccc12)N(CCc1ccc(Cl)cc1Cl)Cc1ccc2c(c1)OCO2. The van der Waals surface area contributed by atoms with Crippen LogP contribution >= 0.6 is 23.2 Å². The Morgan fingerprint density at radius 3 is 2.50 bits per heavy atom. The zero-order valence-electron chi connectivity index (χ0n) is 18.1. The Bertz CT molecular complexity index is 1470. The molecule has 5 nitrogen and oxygen atoms in total. The first-order chi connectivity index (χ1) is 16.4. The van der Waals surface area contributed by atoms with Gasteiger partial charge in [0.25, 0.3) is 0 Å². The fourth-order valence-corrected chi connectivity index (χ4v) is 6.20. The average molecular weight is 514 g/mol. The van der Waals surface area contributed by atoms with Crippen LogP contribution in [-0.4, -0.2) is 26.1 Å². The lowest BCUT2D eigenvalue weighted by atomic mass is 10.1. The number of benzene rings is 4. The minimum Gasteiger partial charge on any atom is -0.454 e. The van der Waals surface area contributed by atoms with Crippen molar-refractivity contribution in [1.82, 2.24) is 4.31 Å². The van der Waals surface area contributed by atoms with E-state index in [-0.39, 0.29) is 24.8 Å². The molecule has 1 aliphatic heterocycles. The molecule has 0 spiro atoms. The molecule has 4 aromatic carbocycles. The lowest BCUT2D eigenvalue weighted by molar-refractivity contribution is 0.174. The normalized spacial score (nSPS) is 13.0. The number of nitrogens with zero attached hydrogens (tertiary/aromatic N) is 1. The van der Waals surface area contributed by atoms with E-state index in [4.69, 9.17) is 32.7 Å². The van der Waals surface area contributed by atoms with Crippen LogP contribution < -0.4 is 9.47 Å². The molecular weight excluding hydrogens is 493 g/mol. The number of fused-ring (bicyclic) bond motifs is 2. The highest BCUT2D eigenvalue weighted by molar-refractivity contribution is 7.89. The Labute approximate surface area is 208 Å². The maximum atomic E-state index is 14.0. The third-order valence-electron chi connectivity index (χ3n) is 5.81. The van der Waals surface area contributed by atoms with E-state index in [1.54, 1.807) is 30.3 Å². The molecule has 0 bridgehead atoms. The molecule has 0 saturated carbocycles. The Balaban J connectivity index is 1.52. The second kappa shape index (κ2) is 9.47. The number of hydrogen-bond donors (Lipinski definition) is 0. The molecule has 0 N–H and O–H groups in total. The molecule has 0 aliphatic carbocycles. The number of rotatable bonds is 7. The molecular formula is C26H21Cl2NO4S. The van der Waals surface area contributed by atoms with Gasteiger partial charge in [-0.05, 0) is 53.3 Å². The summed E-state index contributed by atoms with van der Waals surface area (Å²) < 4.78 is 40.3. The summed E-state index contributed by atoms with van der Waals surface area (Å²) in [5.74, 6) is 1.26. The Hall–Kier alpha value is -2.77. The van der Waals surface area contributed by atoms with Gasteiger partial charge in [-0.2, -0.15) is 4.31 Å². The van der Waals surface area contributed by atoms with Crippen LogP contribution in [0.1, 0.15) is 11.1 Å². The van der Waals surface area contributed by atoms with Gasteiger partial charge in [0.15, 0.2) is 11.5 Å². The van der Waals surface area contributed by atoms with Crippen LogP contribution in [0.3, 0.4) is 0 Å². The molecule has 34 heavy (non-hydrogen) atoms. The van der Waals surface area contributed by atoms with Gasteiger partial charge in [-0.25, -0.2) is 8.42 Å². The van der Waals surface area contributed by atoms with Crippen molar-refractivity contribution in [3.63, 3.8) is 0 Å². The first-order valence-electron chi connectivity index (χ1n) is 10.7. The van der Waals surface area contributed by atoms with E-state index in [2.05, 4.69) is 0 Å². The van der Waals surface area contributed by atoms with Crippen molar-refractivity contribution in [3.05, 3.63) is 100 Å². The summed E-state index contributed by atoms with van der Waals surface area (Å²) >= 11 is 12.4. The molecule has 1 aliphatic rings. The van der Waals surface area contributed by atoms with E-state index in [9.17, 15) is 8.42 Å². The summed E-state index contributed by atoms with van der Waals surface area (Å²) in [5.41, 5.74) is 1.63. The van der Waals surface area contributed by atoms with Crippen LogP contribution in [0.5, 0.6) is 11.5 Å². The molecule has 8 heteroatoms. The summed E-state index contributed by atoms with van der Waals surface area (Å²) in [4.78, 5) is 0.272. The summed E-state index contributed by atoms with van der Waals surface area (Å²) in [6, 6.07) is 23.5. The van der Waals surface area contributed by atoms with Gasteiger partial charge in [0.1, 0.15) is 0 Å². The monoisotopic (exact) mass is 513 g/mol. The van der Waals surface area contributed by atoms with Gasteiger partial charge in [0.2, 0.25) is 16.8 Å². The van der Waals surface area contributed by atoms with Crippen LogP contribution in [0.2, 0.25) is 10.0 Å². The first-order valence-corrected chi connectivity index (χ1v) is 12.9. The minimum atomic E-state index is -3.84. The second-order valence-electron chi connectivity index (χ2n) is 7.99. The van der Waals surface area contributed by atoms with E-state index in [0.29, 0.717) is 33.4 Å². The van der Waals surface area contributed by atoms with E-state index < -0.39 is 10.0 Å². The number of hydrogen-bond acceptors (Lipinski definition) is 4. The standard InChI is InChI=1S/C26H21Cl2NO4S/c27-21-10-9-20(23(28)15-21)12-13-29(16-18-8-11-24-25(14-18)33-17-32-24)34(30,31)26-7-3-5-19-4-1-2-6-22(19)26/h1-11,14-15H,12-13,16-17H2. The van der Waals surface area contributed by atoms with Crippen molar-refractivity contribution >= 4 is 44.0 Å². The minimum absolute atomic E-state index is 0.159. The topological polar surface area (TPSA) is 55.8 Å². The quantitative estimate of drug-likeness (QED) is 0.290. The van der Waals surface area contributed by atoms with Gasteiger partial charge < -0.3 is 9.47 Å². The van der Waals surface area contributed by atoms with Crippen molar-refractivity contribution < 1.29 is 17.9 Å². The molecule has 0 fully saturated rings. The fraction of sp³-hybridized carbons (Fsp3) is 0.154. The lowest BCUT2D eigenvalue weighted by Crippen LogP contribution is -2.32. The van der Waals surface area contributed by atoms with Gasteiger partial charge in [-0.1, -0.05) is 71.7 Å².